The molecule has 0 spiro atoms. The molecule has 1 N–H and O–H groups in total. The van der Waals surface area contributed by atoms with Gasteiger partial charge in [-0.25, -0.2) is 9.07 Å². The van der Waals surface area contributed by atoms with Crippen LogP contribution in [0.25, 0.3) is 5.69 Å². The first-order valence-electron chi connectivity index (χ1n) is 10.7. The molecule has 1 aliphatic rings. The summed E-state index contributed by atoms with van der Waals surface area (Å²) in [5, 5.41) is 13.4. The zero-order valence-electron chi connectivity index (χ0n) is 18.4. The number of carboxylic acids is 1. The molecular weight excluding hydrogens is 429 g/mol. The lowest BCUT2D eigenvalue weighted by atomic mass is 10.1. The van der Waals surface area contributed by atoms with Crippen molar-refractivity contribution in [3.63, 3.8) is 0 Å². The molecule has 8 nitrogen and oxygen atoms in total. The van der Waals surface area contributed by atoms with Crippen molar-refractivity contribution in [2.45, 2.75) is 19.4 Å². The molecule has 2 heterocycles. The number of nitrogens with zero attached hydrogens (tertiary/aromatic N) is 3. The molecule has 0 bridgehead atoms. The topological polar surface area (TPSA) is 86.0 Å². The van der Waals surface area contributed by atoms with Gasteiger partial charge in [0, 0.05) is 25.6 Å². The average molecular weight is 455 g/mol. The van der Waals surface area contributed by atoms with E-state index in [1.54, 1.807) is 23.0 Å². The summed E-state index contributed by atoms with van der Waals surface area (Å²) < 4.78 is 33.1. The molecule has 0 aliphatic carbocycles. The molecule has 2 aromatic carbocycles. The van der Waals surface area contributed by atoms with E-state index in [0.717, 1.165) is 16.9 Å². The highest BCUT2D eigenvalue weighted by Crippen LogP contribution is 2.30. The molecule has 0 unspecified atom stereocenters. The molecule has 1 saturated heterocycles. The van der Waals surface area contributed by atoms with Gasteiger partial charge in [0.1, 0.15) is 35.4 Å². The van der Waals surface area contributed by atoms with Crippen LogP contribution < -0.4 is 14.4 Å². The first kappa shape index (κ1) is 22.6. The fraction of sp³-hybridized carbons (Fsp3) is 0.333. The number of carbonyl (C=O) groups is 1. The summed E-state index contributed by atoms with van der Waals surface area (Å²) in [6.45, 7) is 2.65. The van der Waals surface area contributed by atoms with Gasteiger partial charge in [-0.15, -0.1) is 0 Å². The number of morpholine rings is 1. The Morgan fingerprint density at radius 2 is 2.00 bits per heavy atom. The Labute approximate surface area is 191 Å². The van der Waals surface area contributed by atoms with Crippen LogP contribution in [0.15, 0.2) is 48.7 Å². The number of anilines is 1. The van der Waals surface area contributed by atoms with Gasteiger partial charge < -0.3 is 24.2 Å². The highest BCUT2D eigenvalue weighted by molar-refractivity contribution is 5.67. The SMILES string of the molecule is COc1ccc(F)c(-n2ncc(COc3cccc(CCC(=O)O)c3)c2N2CCOCC2)c1. The lowest BCUT2D eigenvalue weighted by molar-refractivity contribution is -0.136. The van der Waals surface area contributed by atoms with E-state index in [1.165, 1.54) is 13.2 Å². The first-order chi connectivity index (χ1) is 16.0. The Morgan fingerprint density at radius 3 is 2.76 bits per heavy atom. The number of halogens is 1. The molecule has 0 saturated carbocycles. The summed E-state index contributed by atoms with van der Waals surface area (Å²) in [4.78, 5) is 13.0. The third-order valence-electron chi connectivity index (χ3n) is 5.43. The molecule has 0 radical (unpaired) electrons. The van der Waals surface area contributed by atoms with Crippen LogP contribution in [0.4, 0.5) is 10.2 Å². The van der Waals surface area contributed by atoms with Crippen LogP contribution in [0.2, 0.25) is 0 Å². The molecule has 1 fully saturated rings. The average Bonchev–Trinajstić information content (AvgIpc) is 3.26. The molecule has 1 aromatic heterocycles. The Hall–Kier alpha value is -3.59. The lowest BCUT2D eigenvalue weighted by Gasteiger charge is -2.30. The van der Waals surface area contributed by atoms with E-state index < -0.39 is 11.8 Å². The molecular formula is C24H26FN3O5. The molecule has 0 amide bonds. The van der Waals surface area contributed by atoms with Gasteiger partial charge in [-0.3, -0.25) is 4.79 Å². The number of carboxylic acid groups (broad SMARTS) is 1. The Balaban J connectivity index is 1.61. The van der Waals surface area contributed by atoms with Crippen LogP contribution in [0.5, 0.6) is 11.5 Å². The van der Waals surface area contributed by atoms with Crippen molar-refractivity contribution in [1.82, 2.24) is 9.78 Å². The van der Waals surface area contributed by atoms with E-state index in [0.29, 0.717) is 44.2 Å². The van der Waals surface area contributed by atoms with Gasteiger partial charge in [-0.05, 0) is 36.2 Å². The number of aryl methyl sites for hydroxylation is 1. The minimum atomic E-state index is -0.839. The van der Waals surface area contributed by atoms with Crippen molar-refractivity contribution in [3.05, 3.63) is 65.6 Å². The van der Waals surface area contributed by atoms with Crippen molar-refractivity contribution < 1.29 is 28.5 Å². The summed E-state index contributed by atoms with van der Waals surface area (Å²) in [7, 11) is 1.53. The molecule has 3 aromatic rings. The van der Waals surface area contributed by atoms with Crippen LogP contribution in [0.1, 0.15) is 17.5 Å². The molecule has 1 aliphatic heterocycles. The maximum absolute atomic E-state index is 14.7. The Kier molecular flexibility index (Phi) is 7.09. The second-order valence-electron chi connectivity index (χ2n) is 7.65. The van der Waals surface area contributed by atoms with Crippen LogP contribution in [-0.4, -0.2) is 54.3 Å². The number of hydrogen-bond acceptors (Lipinski definition) is 6. The van der Waals surface area contributed by atoms with E-state index in [-0.39, 0.29) is 18.7 Å². The van der Waals surface area contributed by atoms with Crippen LogP contribution in [0, 0.1) is 5.82 Å². The largest absolute Gasteiger partial charge is 0.497 e. The van der Waals surface area contributed by atoms with E-state index >= 15 is 0 Å². The smallest absolute Gasteiger partial charge is 0.303 e. The van der Waals surface area contributed by atoms with Gasteiger partial charge in [0.2, 0.25) is 0 Å². The highest BCUT2D eigenvalue weighted by Gasteiger charge is 2.23. The van der Waals surface area contributed by atoms with Crippen LogP contribution in [0.3, 0.4) is 0 Å². The van der Waals surface area contributed by atoms with Gasteiger partial charge in [0.05, 0.1) is 32.1 Å². The van der Waals surface area contributed by atoms with E-state index in [4.69, 9.17) is 19.3 Å². The number of ether oxygens (including phenoxy) is 3. The minimum absolute atomic E-state index is 0.0590. The van der Waals surface area contributed by atoms with Gasteiger partial charge in [-0.2, -0.15) is 5.10 Å². The third-order valence-corrected chi connectivity index (χ3v) is 5.43. The number of aromatic nitrogens is 2. The van der Waals surface area contributed by atoms with Gasteiger partial charge in [-0.1, -0.05) is 12.1 Å². The fourth-order valence-corrected chi connectivity index (χ4v) is 3.75. The zero-order chi connectivity index (χ0) is 23.2. The number of benzene rings is 2. The fourth-order valence-electron chi connectivity index (χ4n) is 3.75. The number of rotatable bonds is 9. The summed E-state index contributed by atoms with van der Waals surface area (Å²) in [6.07, 6.45) is 2.17. The molecule has 33 heavy (non-hydrogen) atoms. The zero-order valence-corrected chi connectivity index (χ0v) is 18.4. The quantitative estimate of drug-likeness (QED) is 0.529. The predicted octanol–water partition coefficient (Wildman–Crippen LogP) is 3.45. The van der Waals surface area contributed by atoms with E-state index in [9.17, 15) is 9.18 Å². The van der Waals surface area contributed by atoms with Crippen molar-refractivity contribution in [2.75, 3.05) is 38.3 Å². The highest BCUT2D eigenvalue weighted by atomic mass is 19.1. The van der Waals surface area contributed by atoms with Crippen molar-refractivity contribution in [3.8, 4) is 17.2 Å². The maximum atomic E-state index is 14.7. The Morgan fingerprint density at radius 1 is 1.18 bits per heavy atom. The maximum Gasteiger partial charge on any atom is 0.303 e. The summed E-state index contributed by atoms with van der Waals surface area (Å²) in [5.74, 6) is 0.657. The van der Waals surface area contributed by atoms with Gasteiger partial charge in [0.25, 0.3) is 0 Å². The number of aliphatic carboxylic acids is 1. The van der Waals surface area contributed by atoms with Gasteiger partial charge in [0.15, 0.2) is 0 Å². The van der Waals surface area contributed by atoms with E-state index in [1.807, 2.05) is 24.3 Å². The second kappa shape index (κ2) is 10.4. The van der Waals surface area contributed by atoms with Crippen molar-refractivity contribution in [2.24, 2.45) is 0 Å². The van der Waals surface area contributed by atoms with Crippen LogP contribution >= 0.6 is 0 Å². The molecule has 174 valence electrons. The standard InChI is InChI=1S/C24H26FN3O5/c1-31-19-6-7-21(25)22(14-19)28-24(27-9-11-32-12-10-27)18(15-26-28)16-33-20-4-2-3-17(13-20)5-8-23(29)30/h2-4,6-7,13-15H,5,8-12,16H2,1H3,(H,29,30). The molecule has 0 atom stereocenters. The van der Waals surface area contributed by atoms with Crippen LogP contribution in [-0.2, 0) is 22.6 Å². The number of methoxy groups -OCH3 is 1. The molecule has 4 rings (SSSR count). The predicted molar refractivity (Wildman–Crippen MR) is 120 cm³/mol. The monoisotopic (exact) mass is 455 g/mol. The van der Waals surface area contributed by atoms with Gasteiger partial charge >= 0.3 is 5.97 Å². The minimum Gasteiger partial charge on any atom is -0.497 e. The van der Waals surface area contributed by atoms with E-state index in [2.05, 4.69) is 10.00 Å². The lowest BCUT2D eigenvalue weighted by Crippen LogP contribution is -2.38. The summed E-state index contributed by atoms with van der Waals surface area (Å²) >= 11 is 0. The molecule has 9 heteroatoms. The number of hydrogen-bond donors (Lipinski definition) is 1. The second-order valence-corrected chi connectivity index (χ2v) is 7.65. The first-order valence-corrected chi connectivity index (χ1v) is 10.7. The van der Waals surface area contributed by atoms with Crippen molar-refractivity contribution in [1.29, 1.82) is 0 Å². The summed E-state index contributed by atoms with van der Waals surface area (Å²) in [5.41, 5.74) is 1.98. The summed E-state index contributed by atoms with van der Waals surface area (Å²) in [6, 6.07) is 11.9. The third kappa shape index (κ3) is 5.43. The Bertz CT molecular complexity index is 1110. The van der Waals surface area contributed by atoms with Crippen molar-refractivity contribution >= 4 is 11.8 Å². The normalized spacial score (nSPS) is 13.7.